The topological polar surface area (TPSA) is 33.0 Å². The molecule has 4 heteroatoms. The van der Waals surface area contributed by atoms with Gasteiger partial charge in [0.05, 0.1) is 18.1 Å². The predicted octanol–water partition coefficient (Wildman–Crippen LogP) is 4.61. The third-order valence-corrected chi connectivity index (χ3v) is 3.64. The summed E-state index contributed by atoms with van der Waals surface area (Å²) in [6.45, 7) is 2.23. The van der Waals surface area contributed by atoms with Crippen molar-refractivity contribution >= 4 is 0 Å². The van der Waals surface area contributed by atoms with E-state index in [2.05, 4.69) is 6.07 Å². The average molecular weight is 301 g/mol. The second kappa shape index (κ2) is 7.04. The van der Waals surface area contributed by atoms with Crippen molar-refractivity contribution in [1.82, 2.24) is 0 Å². The molecule has 0 bridgehead atoms. The highest BCUT2D eigenvalue weighted by molar-refractivity contribution is 5.31. The minimum atomic E-state index is -0.927. The van der Waals surface area contributed by atoms with E-state index >= 15 is 0 Å². The molecule has 0 aliphatic carbocycles. The quantitative estimate of drug-likeness (QED) is 0.730. The summed E-state index contributed by atoms with van der Waals surface area (Å²) in [7, 11) is 0. The highest BCUT2D eigenvalue weighted by Crippen LogP contribution is 2.28. The summed E-state index contributed by atoms with van der Waals surface area (Å²) >= 11 is 0. The van der Waals surface area contributed by atoms with Gasteiger partial charge in [-0.1, -0.05) is 30.3 Å². The van der Waals surface area contributed by atoms with Crippen molar-refractivity contribution in [2.75, 3.05) is 6.61 Å². The lowest BCUT2D eigenvalue weighted by Crippen LogP contribution is -2.20. The highest BCUT2D eigenvalue weighted by atomic mass is 19.2. The Balaban J connectivity index is 1.89. The third-order valence-electron chi connectivity index (χ3n) is 3.64. The smallest absolute Gasteiger partial charge is 0.162 e. The highest BCUT2D eigenvalue weighted by Gasteiger charge is 2.25. The summed E-state index contributed by atoms with van der Waals surface area (Å²) in [6.07, 6.45) is 1.26. The Morgan fingerprint density at radius 1 is 1.09 bits per heavy atom. The van der Waals surface area contributed by atoms with E-state index < -0.39 is 17.0 Å². The Morgan fingerprint density at radius 3 is 2.45 bits per heavy atom. The Hall–Kier alpha value is -2.41. The molecule has 0 saturated carbocycles. The second-order valence-electron chi connectivity index (χ2n) is 5.34. The fraction of sp³-hybridized carbons (Fsp3) is 0.278. The molecule has 0 fully saturated rings. The van der Waals surface area contributed by atoms with E-state index in [0.717, 1.165) is 17.7 Å². The van der Waals surface area contributed by atoms with Gasteiger partial charge in [-0.05, 0) is 37.5 Å². The van der Waals surface area contributed by atoms with Crippen LogP contribution >= 0.6 is 0 Å². The van der Waals surface area contributed by atoms with E-state index in [4.69, 9.17) is 4.74 Å². The van der Waals surface area contributed by atoms with Crippen LogP contribution in [-0.4, -0.2) is 6.61 Å². The average Bonchev–Trinajstić information content (AvgIpc) is 2.55. The van der Waals surface area contributed by atoms with Crippen molar-refractivity contribution in [3.05, 3.63) is 65.7 Å². The molecular formula is C18H17F2NO. The Kier molecular flexibility index (Phi) is 5.11. The molecule has 1 unspecified atom stereocenters. The molecule has 22 heavy (non-hydrogen) atoms. The SMILES string of the molecule is CC(C#N)(CCCOc1ccc(F)c(F)c1)c1ccccc1. The van der Waals surface area contributed by atoms with Crippen LogP contribution < -0.4 is 4.74 Å². The molecule has 2 nitrogen and oxygen atoms in total. The first-order chi connectivity index (χ1) is 10.5. The number of benzene rings is 2. The van der Waals surface area contributed by atoms with Crippen molar-refractivity contribution < 1.29 is 13.5 Å². The molecule has 0 heterocycles. The molecule has 0 amide bonds. The maximum absolute atomic E-state index is 13.1. The molecule has 2 aromatic rings. The number of hydrogen-bond donors (Lipinski definition) is 0. The summed E-state index contributed by atoms with van der Waals surface area (Å²) < 4.78 is 31.3. The first kappa shape index (κ1) is 16.0. The first-order valence-electron chi connectivity index (χ1n) is 7.10. The second-order valence-corrected chi connectivity index (χ2v) is 5.34. The summed E-state index contributed by atoms with van der Waals surface area (Å²) in [5, 5.41) is 9.44. The molecule has 2 aromatic carbocycles. The van der Waals surface area contributed by atoms with Crippen molar-refractivity contribution in [1.29, 1.82) is 5.26 Å². The van der Waals surface area contributed by atoms with Gasteiger partial charge in [0.1, 0.15) is 5.75 Å². The molecule has 0 aliphatic heterocycles. The van der Waals surface area contributed by atoms with Gasteiger partial charge in [-0.25, -0.2) is 8.78 Å². The number of nitrogens with zero attached hydrogens (tertiary/aromatic N) is 1. The van der Waals surface area contributed by atoms with Crippen LogP contribution in [0.5, 0.6) is 5.75 Å². The zero-order valence-corrected chi connectivity index (χ0v) is 12.4. The first-order valence-corrected chi connectivity index (χ1v) is 7.10. The molecular weight excluding hydrogens is 284 g/mol. The molecule has 0 radical (unpaired) electrons. The Labute approximate surface area is 129 Å². The van der Waals surface area contributed by atoms with Crippen LogP contribution in [0, 0.1) is 23.0 Å². The van der Waals surface area contributed by atoms with Crippen molar-refractivity contribution in [3.8, 4) is 11.8 Å². The monoisotopic (exact) mass is 301 g/mol. The van der Waals surface area contributed by atoms with E-state index in [0.29, 0.717) is 19.4 Å². The maximum atomic E-state index is 13.1. The fourth-order valence-electron chi connectivity index (χ4n) is 2.25. The molecule has 2 rings (SSSR count). The van der Waals surface area contributed by atoms with Gasteiger partial charge in [0, 0.05) is 6.07 Å². The van der Waals surface area contributed by atoms with Gasteiger partial charge in [-0.3, -0.25) is 0 Å². The van der Waals surface area contributed by atoms with Crippen LogP contribution in [-0.2, 0) is 5.41 Å². The minimum Gasteiger partial charge on any atom is -0.493 e. The molecule has 1 atom stereocenters. The molecule has 0 aliphatic rings. The lowest BCUT2D eigenvalue weighted by molar-refractivity contribution is 0.293. The third kappa shape index (κ3) is 3.82. The predicted molar refractivity (Wildman–Crippen MR) is 80.5 cm³/mol. The van der Waals surface area contributed by atoms with Crippen LogP contribution in [0.15, 0.2) is 48.5 Å². The number of nitriles is 1. The molecule has 0 N–H and O–H groups in total. The number of ether oxygens (including phenoxy) is 1. The Bertz CT molecular complexity index is 667. The van der Waals surface area contributed by atoms with Gasteiger partial charge in [0.15, 0.2) is 11.6 Å². The lowest BCUT2D eigenvalue weighted by Gasteiger charge is -2.22. The van der Waals surface area contributed by atoms with Gasteiger partial charge >= 0.3 is 0 Å². The molecule has 114 valence electrons. The van der Waals surface area contributed by atoms with E-state index in [1.165, 1.54) is 6.07 Å². The van der Waals surface area contributed by atoms with Crippen molar-refractivity contribution in [2.24, 2.45) is 0 Å². The van der Waals surface area contributed by atoms with Gasteiger partial charge < -0.3 is 4.74 Å². The summed E-state index contributed by atoms with van der Waals surface area (Å²) in [4.78, 5) is 0. The Morgan fingerprint density at radius 2 is 1.82 bits per heavy atom. The fourth-order valence-corrected chi connectivity index (χ4v) is 2.25. The van der Waals surface area contributed by atoms with Crippen LogP contribution in [0.1, 0.15) is 25.3 Å². The normalized spacial score (nSPS) is 13.2. The number of hydrogen-bond acceptors (Lipinski definition) is 2. The van der Waals surface area contributed by atoms with Crippen LogP contribution in [0.3, 0.4) is 0 Å². The molecule has 0 saturated heterocycles. The van der Waals surface area contributed by atoms with Gasteiger partial charge in [-0.2, -0.15) is 5.26 Å². The number of halogens is 2. The largest absolute Gasteiger partial charge is 0.493 e. The van der Waals surface area contributed by atoms with E-state index in [1.807, 2.05) is 37.3 Å². The van der Waals surface area contributed by atoms with Gasteiger partial charge in [0.25, 0.3) is 0 Å². The minimum absolute atomic E-state index is 0.289. The zero-order valence-electron chi connectivity index (χ0n) is 12.4. The zero-order chi connectivity index (χ0) is 16.0. The molecule has 0 aromatic heterocycles. The maximum Gasteiger partial charge on any atom is 0.162 e. The van der Waals surface area contributed by atoms with E-state index in [1.54, 1.807) is 0 Å². The lowest BCUT2D eigenvalue weighted by atomic mass is 9.80. The molecule has 0 spiro atoms. The van der Waals surface area contributed by atoms with Gasteiger partial charge in [-0.15, -0.1) is 0 Å². The van der Waals surface area contributed by atoms with Crippen molar-refractivity contribution in [3.63, 3.8) is 0 Å². The van der Waals surface area contributed by atoms with E-state index in [-0.39, 0.29) is 5.75 Å². The van der Waals surface area contributed by atoms with Gasteiger partial charge in [0.2, 0.25) is 0 Å². The standard InChI is InChI=1S/C18H17F2NO/c1-18(13-21,14-6-3-2-4-7-14)10-5-11-22-15-8-9-16(19)17(20)12-15/h2-4,6-9,12H,5,10-11H2,1H3. The van der Waals surface area contributed by atoms with Crippen molar-refractivity contribution in [2.45, 2.75) is 25.2 Å². The summed E-state index contributed by atoms with van der Waals surface area (Å²) in [6, 6.07) is 15.4. The summed E-state index contributed by atoms with van der Waals surface area (Å²) in [5.41, 5.74) is 0.379. The van der Waals surface area contributed by atoms with Crippen LogP contribution in [0.2, 0.25) is 0 Å². The van der Waals surface area contributed by atoms with Crippen LogP contribution in [0.25, 0.3) is 0 Å². The van der Waals surface area contributed by atoms with Crippen LogP contribution in [0.4, 0.5) is 8.78 Å². The number of rotatable bonds is 6. The van der Waals surface area contributed by atoms with E-state index in [9.17, 15) is 14.0 Å². The summed E-state index contributed by atoms with van der Waals surface area (Å²) in [5.74, 6) is -1.53.